The van der Waals surface area contributed by atoms with Gasteiger partial charge in [0.2, 0.25) is 0 Å². The van der Waals surface area contributed by atoms with Crippen molar-refractivity contribution >= 4 is 54.8 Å². The van der Waals surface area contributed by atoms with E-state index in [9.17, 15) is 5.48 Å². The van der Waals surface area contributed by atoms with Crippen LogP contribution in [0.1, 0.15) is 40.0 Å². The zero-order chi connectivity index (χ0) is 63.3. The van der Waals surface area contributed by atoms with Crippen molar-refractivity contribution in [3.05, 3.63) is 273 Å². The predicted octanol–water partition coefficient (Wildman–Crippen LogP) is 19.1. The third-order valence-electron chi connectivity index (χ3n) is 15.7. The summed E-state index contributed by atoms with van der Waals surface area (Å²) in [4.78, 5) is 4.88. The molecule has 11 aromatic carbocycles. The molecule has 0 amide bonds. The Bertz CT molecular complexity index is 5650. The quantitative estimate of drug-likeness (QED) is 0.118. The van der Waals surface area contributed by atoms with Gasteiger partial charge in [-0.3, -0.25) is 4.57 Å². The summed E-state index contributed by atoms with van der Waals surface area (Å²) >= 11 is 0. The van der Waals surface area contributed by atoms with Gasteiger partial charge in [0.1, 0.15) is 17.0 Å². The Hall–Kier alpha value is -9.87. The van der Waals surface area contributed by atoms with Gasteiger partial charge in [0.05, 0.1) is 30.4 Å². The van der Waals surface area contributed by atoms with E-state index in [-0.39, 0.29) is 61.8 Å². The zero-order valence-electron chi connectivity index (χ0n) is 54.8. The Morgan fingerprint density at radius 1 is 0.506 bits per heavy atom. The molecule has 6 nitrogen and oxygen atoms in total. The molecule has 0 unspecified atom stereocenters. The van der Waals surface area contributed by atoms with Crippen LogP contribution < -0.4 is 9.30 Å². The summed E-state index contributed by atoms with van der Waals surface area (Å²) in [6.45, 7) is 6.53. The molecule has 0 N–H and O–H groups in total. The summed E-state index contributed by atoms with van der Waals surface area (Å²) < 4.78 is 110. The number of nitrogens with zero attached hydrogens (tertiary/aromatic N) is 4. The Labute approximate surface area is 509 Å². The first-order chi connectivity index (χ1) is 44.4. The molecule has 7 heteroatoms. The maximum atomic E-state index is 9.48. The molecule has 0 saturated heterocycles. The number of para-hydroxylation sites is 3. The van der Waals surface area contributed by atoms with Crippen molar-refractivity contribution < 1.29 is 48.5 Å². The Balaban J connectivity index is 0.00000716. The average molecular weight is 1260 g/mol. The second-order valence-corrected chi connectivity index (χ2v) is 21.5. The average Bonchev–Trinajstić information content (AvgIpc) is 1.62. The molecule has 0 spiro atoms. The summed E-state index contributed by atoms with van der Waals surface area (Å²) in [5, 5.41) is 3.79. The van der Waals surface area contributed by atoms with Crippen LogP contribution in [-0.2, 0) is 26.5 Å². The van der Waals surface area contributed by atoms with Crippen LogP contribution in [-0.4, -0.2) is 14.1 Å². The van der Waals surface area contributed by atoms with E-state index in [2.05, 4.69) is 68.1 Å². The van der Waals surface area contributed by atoms with E-state index in [0.717, 1.165) is 60.7 Å². The van der Waals surface area contributed by atoms with Crippen molar-refractivity contribution in [2.45, 2.75) is 26.2 Å². The Morgan fingerprint density at radius 2 is 1.18 bits per heavy atom. The number of furan rings is 1. The molecule has 0 fully saturated rings. The number of hydrogen-bond donors (Lipinski definition) is 0. The van der Waals surface area contributed by atoms with Gasteiger partial charge in [0.15, 0.2) is 0 Å². The number of aromatic nitrogens is 4. The molecular weight excluding hydrogens is 1200 g/mol. The standard InChI is InChI=1S/C76H50N4O2.Pt/c1-76(2,3)52-39-40-77-72(44-52)80-67-33-14-12-27-60(67)61-37-36-55(46-68(61)80)81-54-24-16-23-53(45-54)78-47-79-74-57(50-35-38-71-65(41-50)62-28-13-15-34-70(62)82-71)30-18-32-64(74)73-56(49-21-8-5-9-22-49)29-17-31-63(73)58-25-10-11-26-59(58)66-42-51(43-69(78)75(66)79)48-19-6-4-7-20-48;/h4-44H,1-3H3;/q-2;/i4D,5D,6D,7D,8D,9D,19D,20D,21D,22D;. The van der Waals surface area contributed by atoms with Gasteiger partial charge in [-0.15, -0.1) is 29.7 Å². The SMILES string of the molecule is [2H]c1c([2H])c([2H])c(-c2cc3c4c(c2)n(-c2[c-]c(Oc5[c-]c6c(cc5)c5ccccc5n6-c5cc(C(C)(C)C)ccn5)ccc2)[c-][n+]4-c2c(-c4ccc5oc6ccccc6c5c4)cccc2-c2c(cccc2-c2c([2H])c([2H])c([2H])c([2H])c2[2H])-c2ccccc2-3)c([2H])c1[2H].[Pt]. The third-order valence-corrected chi connectivity index (χ3v) is 15.7. The minimum absolute atomic E-state index is 0. The van der Waals surface area contributed by atoms with Crippen LogP contribution in [0.5, 0.6) is 11.5 Å². The fraction of sp³-hybridized carbons (Fsp3) is 0.0526. The van der Waals surface area contributed by atoms with E-state index in [0.29, 0.717) is 84.0 Å². The molecule has 1 aliphatic heterocycles. The summed E-state index contributed by atoms with van der Waals surface area (Å²) in [6.07, 6.45) is 5.64. The predicted molar refractivity (Wildman–Crippen MR) is 332 cm³/mol. The zero-order valence-corrected chi connectivity index (χ0v) is 47.1. The second kappa shape index (κ2) is 19.7. The number of hydrogen-bond acceptors (Lipinski definition) is 3. The molecule has 0 bridgehead atoms. The first-order valence-corrected chi connectivity index (χ1v) is 27.0. The van der Waals surface area contributed by atoms with Crippen LogP contribution >= 0.6 is 0 Å². The summed E-state index contributed by atoms with van der Waals surface area (Å²) in [5.41, 5.74) is 12.4. The van der Waals surface area contributed by atoms with Crippen LogP contribution in [0.4, 0.5) is 0 Å². The molecule has 15 aromatic rings. The number of imidazole rings is 1. The van der Waals surface area contributed by atoms with Crippen molar-refractivity contribution in [2.75, 3.05) is 0 Å². The van der Waals surface area contributed by atoms with Crippen LogP contribution in [0.3, 0.4) is 0 Å². The van der Waals surface area contributed by atoms with Gasteiger partial charge in [-0.25, -0.2) is 4.98 Å². The number of fused-ring (bicyclic) bond motifs is 13. The van der Waals surface area contributed by atoms with E-state index < -0.39 is 36.3 Å². The molecule has 5 heterocycles. The molecule has 0 aliphatic carbocycles. The monoisotopic (exact) mass is 1260 g/mol. The summed E-state index contributed by atoms with van der Waals surface area (Å²) in [7, 11) is 0. The maximum Gasteiger partial charge on any atom is 0.268 e. The Morgan fingerprint density at radius 3 is 2.00 bits per heavy atom. The third kappa shape index (κ3) is 8.27. The minimum atomic E-state index is -0.524. The van der Waals surface area contributed by atoms with Gasteiger partial charge in [-0.05, 0) is 131 Å². The largest absolute Gasteiger partial charge is 0.510 e. The molecule has 0 saturated carbocycles. The van der Waals surface area contributed by atoms with Crippen LogP contribution in [0.2, 0.25) is 0 Å². The van der Waals surface area contributed by atoms with E-state index in [1.165, 1.54) is 0 Å². The first-order valence-electron chi connectivity index (χ1n) is 32.0. The summed E-state index contributed by atoms with van der Waals surface area (Å²) in [6, 6.07) is 61.4. The minimum Gasteiger partial charge on any atom is -0.510 e. The molecule has 83 heavy (non-hydrogen) atoms. The van der Waals surface area contributed by atoms with Crippen molar-refractivity contribution in [2.24, 2.45) is 0 Å². The van der Waals surface area contributed by atoms with Gasteiger partial charge < -0.3 is 18.3 Å². The van der Waals surface area contributed by atoms with Gasteiger partial charge in [0, 0.05) is 55.1 Å². The van der Waals surface area contributed by atoms with E-state index in [1.54, 1.807) is 6.07 Å². The second-order valence-electron chi connectivity index (χ2n) is 21.5. The smallest absolute Gasteiger partial charge is 0.268 e. The van der Waals surface area contributed by atoms with Gasteiger partial charge >= 0.3 is 0 Å². The number of rotatable bonds is 7. The topological polar surface area (TPSA) is 49.0 Å². The number of benzene rings is 11. The van der Waals surface area contributed by atoms with Crippen LogP contribution in [0.15, 0.2) is 253 Å². The van der Waals surface area contributed by atoms with E-state index >= 15 is 0 Å². The molecule has 0 atom stereocenters. The van der Waals surface area contributed by atoms with Crippen molar-refractivity contribution in [3.63, 3.8) is 0 Å². The fourth-order valence-electron chi connectivity index (χ4n) is 12.0. The van der Waals surface area contributed by atoms with E-state index in [4.69, 9.17) is 22.4 Å². The van der Waals surface area contributed by atoms with Gasteiger partial charge in [-0.2, -0.15) is 18.2 Å². The Kier molecular flexibility index (Phi) is 9.57. The fourth-order valence-corrected chi connectivity index (χ4v) is 12.0. The molecule has 1 aliphatic rings. The number of ether oxygens (including phenoxy) is 1. The molecular formula is C76H50N4O2Pt-2. The number of pyridine rings is 1. The van der Waals surface area contributed by atoms with Gasteiger partial charge in [0.25, 0.3) is 6.33 Å². The van der Waals surface area contributed by atoms with Crippen LogP contribution in [0.25, 0.3) is 139 Å². The maximum absolute atomic E-state index is 9.48. The summed E-state index contributed by atoms with van der Waals surface area (Å²) in [5.74, 6) is 1.49. The van der Waals surface area contributed by atoms with Crippen molar-refractivity contribution in [3.8, 4) is 95.5 Å². The van der Waals surface area contributed by atoms with Crippen LogP contribution in [0, 0.1) is 18.5 Å². The molecule has 0 radical (unpaired) electrons. The van der Waals surface area contributed by atoms with Crippen molar-refractivity contribution in [1.82, 2.24) is 14.1 Å². The molecule has 398 valence electrons. The van der Waals surface area contributed by atoms with E-state index in [1.807, 2.05) is 167 Å². The first kappa shape index (κ1) is 40.3. The normalized spacial score (nSPS) is 13.6. The van der Waals surface area contributed by atoms with Gasteiger partial charge in [-0.1, -0.05) is 196 Å². The molecule has 4 aromatic heterocycles. The van der Waals surface area contributed by atoms with Crippen molar-refractivity contribution in [1.29, 1.82) is 0 Å². The molecule has 16 rings (SSSR count).